The van der Waals surface area contributed by atoms with Crippen LogP contribution in [-0.2, 0) is 10.0 Å². The molecule has 20 heavy (non-hydrogen) atoms. The zero-order chi connectivity index (χ0) is 14.9. The van der Waals surface area contributed by atoms with Gasteiger partial charge in [0.15, 0.2) is 0 Å². The molecule has 1 N–H and O–H groups in total. The highest BCUT2D eigenvalue weighted by Crippen LogP contribution is 2.25. The second kappa shape index (κ2) is 5.42. The van der Waals surface area contributed by atoms with E-state index in [4.69, 9.17) is 11.6 Å². The van der Waals surface area contributed by atoms with Crippen LogP contribution in [0.25, 0.3) is 0 Å². The molecule has 0 heterocycles. The SMILES string of the molecule is Cc1ccc(S(=O)(=O)Nc2ccc(C)c(F)c2)c(Cl)c1. The van der Waals surface area contributed by atoms with Gasteiger partial charge in [0.2, 0.25) is 0 Å². The van der Waals surface area contributed by atoms with Crippen molar-refractivity contribution in [3.8, 4) is 0 Å². The normalized spacial score (nSPS) is 11.4. The molecule has 0 unspecified atom stereocenters. The van der Waals surface area contributed by atoms with E-state index < -0.39 is 15.8 Å². The molecule has 0 aromatic heterocycles. The Morgan fingerprint density at radius 3 is 2.40 bits per heavy atom. The zero-order valence-electron chi connectivity index (χ0n) is 10.9. The molecule has 0 saturated carbocycles. The van der Waals surface area contributed by atoms with Crippen molar-refractivity contribution in [2.24, 2.45) is 0 Å². The summed E-state index contributed by atoms with van der Waals surface area (Å²) in [5.74, 6) is -0.472. The molecule has 0 amide bonds. The van der Waals surface area contributed by atoms with Crippen LogP contribution in [-0.4, -0.2) is 8.42 Å². The minimum absolute atomic E-state index is 0.0363. The van der Waals surface area contributed by atoms with Crippen LogP contribution in [0, 0.1) is 19.7 Å². The third-order valence-corrected chi connectivity index (χ3v) is 4.67. The summed E-state index contributed by atoms with van der Waals surface area (Å²) in [6.45, 7) is 3.41. The first-order valence-electron chi connectivity index (χ1n) is 5.85. The van der Waals surface area contributed by atoms with Gasteiger partial charge in [-0.05, 0) is 49.2 Å². The Hall–Kier alpha value is -1.59. The molecule has 2 aromatic carbocycles. The molecular formula is C14H13ClFNO2S. The van der Waals surface area contributed by atoms with Gasteiger partial charge in [0, 0.05) is 0 Å². The topological polar surface area (TPSA) is 46.2 Å². The number of hydrogen-bond donors (Lipinski definition) is 1. The third kappa shape index (κ3) is 3.11. The van der Waals surface area contributed by atoms with Gasteiger partial charge < -0.3 is 0 Å². The van der Waals surface area contributed by atoms with E-state index in [1.165, 1.54) is 18.2 Å². The second-order valence-electron chi connectivity index (χ2n) is 4.50. The summed E-state index contributed by atoms with van der Waals surface area (Å²) >= 11 is 5.94. The second-order valence-corrected chi connectivity index (χ2v) is 6.56. The first-order chi connectivity index (χ1) is 9.29. The first kappa shape index (κ1) is 14.8. The predicted octanol–water partition coefficient (Wildman–Crippen LogP) is 3.90. The Balaban J connectivity index is 2.38. The summed E-state index contributed by atoms with van der Waals surface area (Å²) in [6, 6.07) is 8.77. The van der Waals surface area contributed by atoms with Crippen LogP contribution in [0.5, 0.6) is 0 Å². The lowest BCUT2D eigenvalue weighted by Gasteiger charge is -2.10. The van der Waals surface area contributed by atoms with Crippen LogP contribution in [0.2, 0.25) is 5.02 Å². The number of anilines is 1. The van der Waals surface area contributed by atoms with Crippen LogP contribution in [0.3, 0.4) is 0 Å². The van der Waals surface area contributed by atoms with Crippen LogP contribution >= 0.6 is 11.6 Å². The smallest absolute Gasteiger partial charge is 0.263 e. The van der Waals surface area contributed by atoms with Gasteiger partial charge in [-0.25, -0.2) is 12.8 Å². The Morgan fingerprint density at radius 1 is 1.10 bits per heavy atom. The number of hydrogen-bond acceptors (Lipinski definition) is 2. The lowest BCUT2D eigenvalue weighted by Crippen LogP contribution is -2.13. The molecule has 3 nitrogen and oxygen atoms in total. The number of sulfonamides is 1. The number of halogens is 2. The molecule has 0 bridgehead atoms. The minimum atomic E-state index is -3.84. The number of aryl methyl sites for hydroxylation is 2. The van der Waals surface area contributed by atoms with Gasteiger partial charge in [0.1, 0.15) is 10.7 Å². The fourth-order valence-corrected chi connectivity index (χ4v) is 3.34. The van der Waals surface area contributed by atoms with Gasteiger partial charge >= 0.3 is 0 Å². The molecule has 0 spiro atoms. The predicted molar refractivity (Wildman–Crippen MR) is 78.1 cm³/mol. The molecule has 0 saturated heterocycles. The lowest BCUT2D eigenvalue weighted by molar-refractivity contribution is 0.601. The third-order valence-electron chi connectivity index (χ3n) is 2.80. The molecule has 0 fully saturated rings. The van der Waals surface area contributed by atoms with Gasteiger partial charge in [0.25, 0.3) is 10.0 Å². The van der Waals surface area contributed by atoms with E-state index in [1.807, 2.05) is 6.92 Å². The Morgan fingerprint density at radius 2 is 1.80 bits per heavy atom. The van der Waals surface area contributed by atoms with Crippen LogP contribution < -0.4 is 4.72 Å². The molecule has 0 radical (unpaired) electrons. The van der Waals surface area contributed by atoms with Crippen LogP contribution in [0.1, 0.15) is 11.1 Å². The molecule has 106 valence electrons. The average molecular weight is 314 g/mol. The molecule has 2 aromatic rings. The van der Waals surface area contributed by atoms with Crippen molar-refractivity contribution in [2.75, 3.05) is 4.72 Å². The Labute approximate surface area is 122 Å². The minimum Gasteiger partial charge on any atom is -0.279 e. The maximum atomic E-state index is 13.4. The van der Waals surface area contributed by atoms with Crippen molar-refractivity contribution < 1.29 is 12.8 Å². The Bertz CT molecular complexity index is 760. The Kier molecular flexibility index (Phi) is 4.01. The standard InChI is InChI=1S/C14H13ClFNO2S/c1-9-3-6-14(12(15)7-9)20(18,19)17-11-5-4-10(2)13(16)8-11/h3-8,17H,1-2H3. The van der Waals surface area contributed by atoms with E-state index in [2.05, 4.69) is 4.72 Å². The number of benzene rings is 2. The highest BCUT2D eigenvalue weighted by molar-refractivity contribution is 7.92. The van der Waals surface area contributed by atoms with E-state index >= 15 is 0 Å². The van der Waals surface area contributed by atoms with E-state index in [1.54, 1.807) is 19.1 Å². The van der Waals surface area contributed by atoms with Crippen molar-refractivity contribution in [2.45, 2.75) is 18.7 Å². The van der Waals surface area contributed by atoms with Crippen LogP contribution in [0.4, 0.5) is 10.1 Å². The van der Waals surface area contributed by atoms with E-state index in [9.17, 15) is 12.8 Å². The van der Waals surface area contributed by atoms with Gasteiger partial charge in [0.05, 0.1) is 10.7 Å². The van der Waals surface area contributed by atoms with E-state index in [0.717, 1.165) is 11.6 Å². The van der Waals surface area contributed by atoms with Gasteiger partial charge in [-0.3, -0.25) is 4.72 Å². The highest BCUT2D eigenvalue weighted by Gasteiger charge is 2.18. The molecule has 6 heteroatoms. The number of rotatable bonds is 3. The molecule has 2 rings (SSSR count). The summed E-state index contributed by atoms with van der Waals surface area (Å²) < 4.78 is 40.2. The maximum Gasteiger partial charge on any atom is 0.263 e. The number of nitrogens with one attached hydrogen (secondary N) is 1. The molecule has 0 aliphatic carbocycles. The average Bonchev–Trinajstić information content (AvgIpc) is 2.33. The van der Waals surface area contributed by atoms with Crippen molar-refractivity contribution in [3.05, 3.63) is 58.4 Å². The van der Waals surface area contributed by atoms with Gasteiger partial charge in [-0.1, -0.05) is 23.7 Å². The van der Waals surface area contributed by atoms with Gasteiger partial charge in [-0.15, -0.1) is 0 Å². The molecular weight excluding hydrogens is 301 g/mol. The lowest BCUT2D eigenvalue weighted by atomic mass is 10.2. The quantitative estimate of drug-likeness (QED) is 0.934. The largest absolute Gasteiger partial charge is 0.279 e. The molecule has 0 atom stereocenters. The summed E-state index contributed by atoms with van der Waals surface area (Å²) in [4.78, 5) is -0.0363. The summed E-state index contributed by atoms with van der Waals surface area (Å²) in [5, 5.41) is 0.130. The highest BCUT2D eigenvalue weighted by atomic mass is 35.5. The van der Waals surface area contributed by atoms with Crippen molar-refractivity contribution >= 4 is 27.3 Å². The van der Waals surface area contributed by atoms with Gasteiger partial charge in [-0.2, -0.15) is 0 Å². The van der Waals surface area contributed by atoms with Crippen molar-refractivity contribution in [3.63, 3.8) is 0 Å². The van der Waals surface area contributed by atoms with E-state index in [0.29, 0.717) is 5.56 Å². The summed E-state index contributed by atoms with van der Waals surface area (Å²) in [7, 11) is -3.84. The summed E-state index contributed by atoms with van der Waals surface area (Å²) in [6.07, 6.45) is 0. The molecule has 0 aliphatic rings. The zero-order valence-corrected chi connectivity index (χ0v) is 12.5. The summed E-state index contributed by atoms with van der Waals surface area (Å²) in [5.41, 5.74) is 1.46. The first-order valence-corrected chi connectivity index (χ1v) is 7.71. The van der Waals surface area contributed by atoms with Crippen molar-refractivity contribution in [1.82, 2.24) is 0 Å². The van der Waals surface area contributed by atoms with Crippen molar-refractivity contribution in [1.29, 1.82) is 0 Å². The molecule has 0 aliphatic heterocycles. The monoisotopic (exact) mass is 313 g/mol. The maximum absolute atomic E-state index is 13.4. The van der Waals surface area contributed by atoms with Crippen LogP contribution in [0.15, 0.2) is 41.3 Å². The fraction of sp³-hybridized carbons (Fsp3) is 0.143. The fourth-order valence-electron chi connectivity index (χ4n) is 1.69. The van der Waals surface area contributed by atoms with E-state index in [-0.39, 0.29) is 15.6 Å².